The Labute approximate surface area is 273 Å². The van der Waals surface area contributed by atoms with Crippen LogP contribution in [0.1, 0.15) is 17.5 Å². The van der Waals surface area contributed by atoms with Gasteiger partial charge < -0.3 is 23.4 Å². The Morgan fingerprint density at radius 1 is 0.574 bits per heavy atom. The molecular formula is C36H30O10S. The van der Waals surface area contributed by atoms with E-state index < -0.39 is 23.9 Å². The summed E-state index contributed by atoms with van der Waals surface area (Å²) in [6, 6.07) is 29.9. The van der Waals surface area contributed by atoms with Gasteiger partial charge in [0.25, 0.3) is 0 Å². The third-order valence-electron chi connectivity index (χ3n) is 6.79. The van der Waals surface area contributed by atoms with Gasteiger partial charge in [0.2, 0.25) is 5.43 Å². The average Bonchev–Trinajstić information content (AvgIpc) is 3.11. The van der Waals surface area contributed by atoms with E-state index in [0.717, 1.165) is 20.9 Å². The van der Waals surface area contributed by atoms with E-state index in [2.05, 4.69) is 9.47 Å². The number of para-hydroxylation sites is 2. The first-order valence-corrected chi connectivity index (χ1v) is 14.9. The highest BCUT2D eigenvalue weighted by molar-refractivity contribution is 7.99. The summed E-state index contributed by atoms with van der Waals surface area (Å²) in [7, 11) is 4.93. The summed E-state index contributed by atoms with van der Waals surface area (Å²) in [5.74, 6) is -2.57. The topological polar surface area (TPSA) is 135 Å². The molecule has 0 unspecified atom stereocenters. The van der Waals surface area contributed by atoms with Crippen LogP contribution in [-0.4, -0.2) is 52.3 Å². The molecule has 0 N–H and O–H groups in total. The zero-order valence-corrected chi connectivity index (χ0v) is 26.8. The molecule has 0 saturated heterocycles. The second-order valence-corrected chi connectivity index (χ2v) is 10.7. The van der Waals surface area contributed by atoms with E-state index >= 15 is 0 Å². The number of rotatable bonds is 4. The fourth-order valence-electron chi connectivity index (χ4n) is 4.56. The smallest absolute Gasteiger partial charge is 0.345 e. The molecule has 10 nitrogen and oxygen atoms in total. The quantitative estimate of drug-likeness (QED) is 0.0556. The number of carbonyl (C=O) groups is 4. The Morgan fingerprint density at radius 2 is 0.979 bits per heavy atom. The van der Waals surface area contributed by atoms with Crippen LogP contribution in [0, 0.1) is 0 Å². The maximum Gasteiger partial charge on any atom is 0.345 e. The molecule has 2 heterocycles. The maximum atomic E-state index is 12.2. The largest absolute Gasteiger partial charge is 0.469 e. The van der Waals surface area contributed by atoms with Crippen molar-refractivity contribution in [1.29, 1.82) is 0 Å². The molecule has 1 aliphatic rings. The number of carbonyl (C=O) groups excluding carboxylic acids is 4. The van der Waals surface area contributed by atoms with Crippen LogP contribution in [0.25, 0.3) is 27.5 Å². The molecule has 0 amide bonds. The highest BCUT2D eigenvalue weighted by Gasteiger charge is 2.31. The van der Waals surface area contributed by atoms with E-state index in [-0.39, 0.29) is 17.4 Å². The molecule has 0 aliphatic carbocycles. The summed E-state index contributed by atoms with van der Waals surface area (Å²) >= 11 is 1.60. The summed E-state index contributed by atoms with van der Waals surface area (Å²) in [5, 5.41) is 1.27. The molecule has 0 spiro atoms. The fourth-order valence-corrected chi connectivity index (χ4v) is 5.65. The van der Waals surface area contributed by atoms with Crippen LogP contribution in [0.4, 0.5) is 0 Å². The van der Waals surface area contributed by atoms with Crippen molar-refractivity contribution in [2.24, 2.45) is 0 Å². The van der Waals surface area contributed by atoms with Crippen LogP contribution >= 0.6 is 11.8 Å². The van der Waals surface area contributed by atoms with Gasteiger partial charge in [0.15, 0.2) is 5.57 Å². The van der Waals surface area contributed by atoms with Crippen molar-refractivity contribution in [2.45, 2.75) is 16.2 Å². The lowest BCUT2D eigenvalue weighted by Gasteiger charge is -2.23. The van der Waals surface area contributed by atoms with Crippen molar-refractivity contribution in [3.05, 3.63) is 124 Å². The number of hydrogen-bond acceptors (Lipinski definition) is 11. The van der Waals surface area contributed by atoms with E-state index in [0.29, 0.717) is 27.5 Å². The first-order chi connectivity index (χ1) is 22.7. The average molecular weight is 655 g/mol. The molecule has 0 saturated carbocycles. The zero-order valence-electron chi connectivity index (χ0n) is 25.9. The molecule has 240 valence electrons. The van der Waals surface area contributed by atoms with Gasteiger partial charge in [0.1, 0.15) is 17.6 Å². The van der Waals surface area contributed by atoms with Crippen LogP contribution in [-0.2, 0) is 38.1 Å². The van der Waals surface area contributed by atoms with Crippen LogP contribution in [0.5, 0.6) is 0 Å². The predicted molar refractivity (Wildman–Crippen MR) is 176 cm³/mol. The second-order valence-electron chi connectivity index (χ2n) is 9.58. The van der Waals surface area contributed by atoms with Crippen LogP contribution in [0.3, 0.4) is 0 Å². The lowest BCUT2D eigenvalue weighted by Crippen LogP contribution is -2.19. The second kappa shape index (κ2) is 16.1. The lowest BCUT2D eigenvalue weighted by atomic mass is 9.92. The van der Waals surface area contributed by atoms with Crippen molar-refractivity contribution in [1.82, 2.24) is 0 Å². The molecule has 1 aromatic heterocycles. The minimum atomic E-state index is -0.705. The number of methoxy groups -OCH3 is 4. The normalized spacial score (nSPS) is 10.9. The highest BCUT2D eigenvalue weighted by Crippen LogP contribution is 2.46. The standard InChI is InChI=1S/C18H14O4S.C13H8O2.C5H8O4/c1-21-17(19)16(18(20)22-2)15-11-7-3-5-9-13(11)23-14-10-6-4-8-12(14)15;14-13-9-5-1-3-7-11(9)15-12-8-4-2-6-10(12)13;1-8-4(6)3-5(7)9-2/h3-10H,1-2H3;1-8H;3H2,1-2H3. The van der Waals surface area contributed by atoms with Gasteiger partial charge in [0, 0.05) is 15.4 Å². The van der Waals surface area contributed by atoms with Crippen molar-refractivity contribution in [3.8, 4) is 0 Å². The fraction of sp³-hybridized carbons (Fsp3) is 0.139. The van der Waals surface area contributed by atoms with Gasteiger partial charge in [-0.05, 0) is 47.5 Å². The lowest BCUT2D eigenvalue weighted by molar-refractivity contribution is -0.151. The molecule has 47 heavy (non-hydrogen) atoms. The number of esters is 4. The third-order valence-corrected chi connectivity index (χ3v) is 7.94. The van der Waals surface area contributed by atoms with E-state index in [1.54, 1.807) is 23.9 Å². The summed E-state index contributed by atoms with van der Waals surface area (Å²) < 4.78 is 23.6. The minimum Gasteiger partial charge on any atom is -0.469 e. The Hall–Kier alpha value is -5.68. The van der Waals surface area contributed by atoms with Gasteiger partial charge in [-0.25, -0.2) is 9.59 Å². The molecular weight excluding hydrogens is 624 g/mol. The van der Waals surface area contributed by atoms with E-state index in [9.17, 15) is 24.0 Å². The van der Waals surface area contributed by atoms with Crippen molar-refractivity contribution < 1.29 is 42.5 Å². The summed E-state index contributed by atoms with van der Waals surface area (Å²) in [5.41, 5.74) is 3.42. The first-order valence-electron chi connectivity index (χ1n) is 14.1. The third kappa shape index (κ3) is 7.95. The van der Waals surface area contributed by atoms with Gasteiger partial charge in [-0.1, -0.05) is 72.4 Å². The monoisotopic (exact) mass is 654 g/mol. The molecule has 5 aromatic rings. The first kappa shape index (κ1) is 34.2. The van der Waals surface area contributed by atoms with Gasteiger partial charge >= 0.3 is 23.9 Å². The van der Waals surface area contributed by atoms with E-state index in [4.69, 9.17) is 13.9 Å². The Bertz CT molecular complexity index is 1910. The number of hydrogen-bond donors (Lipinski definition) is 0. The Kier molecular flexibility index (Phi) is 11.7. The minimum absolute atomic E-state index is 0.0347. The van der Waals surface area contributed by atoms with Crippen LogP contribution in [0.15, 0.2) is 122 Å². The van der Waals surface area contributed by atoms with E-state index in [1.807, 2.05) is 84.9 Å². The zero-order chi connectivity index (χ0) is 33.9. The summed E-state index contributed by atoms with van der Waals surface area (Å²) in [6.45, 7) is 0. The number of benzene rings is 4. The van der Waals surface area contributed by atoms with Gasteiger partial charge in [-0.2, -0.15) is 0 Å². The SMILES string of the molecule is COC(=O)C(C(=O)OC)=C1c2ccccc2Sc2ccccc21.COC(=O)CC(=O)OC.O=c1c2ccccc2oc2ccccc12. The van der Waals surface area contributed by atoms with Crippen LogP contribution < -0.4 is 5.43 Å². The van der Waals surface area contributed by atoms with E-state index in [1.165, 1.54) is 28.4 Å². The molecule has 0 fully saturated rings. The van der Waals surface area contributed by atoms with Crippen LogP contribution in [0.2, 0.25) is 0 Å². The van der Waals surface area contributed by atoms with Crippen molar-refractivity contribution >= 4 is 63.2 Å². The molecule has 0 bridgehead atoms. The number of ether oxygens (including phenoxy) is 4. The molecule has 11 heteroatoms. The molecule has 6 rings (SSSR count). The molecule has 1 aliphatic heterocycles. The Balaban J connectivity index is 0.000000178. The highest BCUT2D eigenvalue weighted by atomic mass is 32.2. The van der Waals surface area contributed by atoms with Crippen molar-refractivity contribution in [2.75, 3.05) is 28.4 Å². The predicted octanol–water partition coefficient (Wildman–Crippen LogP) is 5.97. The maximum absolute atomic E-state index is 12.2. The van der Waals surface area contributed by atoms with Crippen molar-refractivity contribution in [3.63, 3.8) is 0 Å². The molecule has 0 atom stereocenters. The number of fused-ring (bicyclic) bond motifs is 4. The summed E-state index contributed by atoms with van der Waals surface area (Å²) in [4.78, 5) is 59.0. The Morgan fingerprint density at radius 3 is 1.40 bits per heavy atom. The van der Waals surface area contributed by atoms with Gasteiger partial charge in [-0.15, -0.1) is 0 Å². The molecule has 4 aromatic carbocycles. The summed E-state index contributed by atoms with van der Waals surface area (Å²) in [6.07, 6.45) is -0.312. The van der Waals surface area contributed by atoms with Gasteiger partial charge in [-0.3, -0.25) is 14.4 Å². The van der Waals surface area contributed by atoms with Gasteiger partial charge in [0.05, 0.1) is 39.2 Å². The molecule has 0 radical (unpaired) electrons.